The SMILES string of the molecule is CO[C@@H](C)C(=O)C12CC3CC(CC(C3)C1)C2. The van der Waals surface area contributed by atoms with Crippen molar-refractivity contribution in [3.63, 3.8) is 0 Å². The number of Topliss-reactive ketones (excluding diaryl/α,β-unsaturated/α-hetero) is 1. The molecule has 0 N–H and O–H groups in total. The topological polar surface area (TPSA) is 26.3 Å². The highest BCUT2D eigenvalue weighted by Gasteiger charge is 2.55. The Bertz CT molecular complexity index is 273. The van der Waals surface area contributed by atoms with E-state index < -0.39 is 0 Å². The van der Waals surface area contributed by atoms with Gasteiger partial charge in [-0.05, 0) is 63.2 Å². The summed E-state index contributed by atoms with van der Waals surface area (Å²) >= 11 is 0. The maximum Gasteiger partial charge on any atom is 0.167 e. The summed E-state index contributed by atoms with van der Waals surface area (Å²) in [5.74, 6) is 2.94. The highest BCUT2D eigenvalue weighted by atomic mass is 16.5. The monoisotopic (exact) mass is 222 g/mol. The normalized spacial score (nSPS) is 47.0. The highest BCUT2D eigenvalue weighted by Crippen LogP contribution is 2.60. The van der Waals surface area contributed by atoms with E-state index in [1.165, 1.54) is 19.3 Å². The van der Waals surface area contributed by atoms with Crippen LogP contribution in [0.15, 0.2) is 0 Å². The second-order valence-corrected chi connectivity index (χ2v) is 6.44. The van der Waals surface area contributed by atoms with Gasteiger partial charge >= 0.3 is 0 Å². The molecule has 0 radical (unpaired) electrons. The van der Waals surface area contributed by atoms with Crippen LogP contribution < -0.4 is 0 Å². The average Bonchev–Trinajstić information content (AvgIpc) is 2.25. The Morgan fingerprint density at radius 2 is 1.56 bits per heavy atom. The van der Waals surface area contributed by atoms with Gasteiger partial charge in [0.15, 0.2) is 5.78 Å². The maximum atomic E-state index is 12.5. The molecule has 2 nitrogen and oxygen atoms in total. The molecule has 0 saturated heterocycles. The minimum absolute atomic E-state index is 0.0180. The van der Waals surface area contributed by atoms with E-state index in [1.807, 2.05) is 6.92 Å². The second-order valence-electron chi connectivity index (χ2n) is 6.44. The van der Waals surface area contributed by atoms with Gasteiger partial charge in [-0.3, -0.25) is 4.79 Å². The van der Waals surface area contributed by atoms with E-state index in [0.29, 0.717) is 5.78 Å². The van der Waals surface area contributed by atoms with Gasteiger partial charge in [0.2, 0.25) is 0 Å². The molecule has 16 heavy (non-hydrogen) atoms. The predicted octanol–water partition coefficient (Wildman–Crippen LogP) is 2.81. The van der Waals surface area contributed by atoms with Crippen LogP contribution in [0.4, 0.5) is 0 Å². The summed E-state index contributed by atoms with van der Waals surface area (Å²) in [4.78, 5) is 12.5. The van der Waals surface area contributed by atoms with Gasteiger partial charge in [-0.25, -0.2) is 0 Å². The molecule has 0 aromatic rings. The van der Waals surface area contributed by atoms with E-state index in [2.05, 4.69) is 0 Å². The molecule has 0 amide bonds. The van der Waals surface area contributed by atoms with Crippen LogP contribution in [0.1, 0.15) is 45.4 Å². The van der Waals surface area contributed by atoms with E-state index in [9.17, 15) is 4.79 Å². The van der Waals surface area contributed by atoms with E-state index in [0.717, 1.165) is 37.0 Å². The number of methoxy groups -OCH3 is 1. The zero-order valence-electron chi connectivity index (χ0n) is 10.4. The second kappa shape index (κ2) is 3.56. The fourth-order valence-corrected chi connectivity index (χ4v) is 4.95. The molecule has 0 aromatic carbocycles. The zero-order chi connectivity index (χ0) is 11.3. The molecule has 0 heterocycles. The number of hydrogen-bond acceptors (Lipinski definition) is 2. The van der Waals surface area contributed by atoms with Gasteiger partial charge in [-0.15, -0.1) is 0 Å². The lowest BCUT2D eigenvalue weighted by Crippen LogP contribution is -2.52. The molecular weight excluding hydrogens is 200 g/mol. The summed E-state index contributed by atoms with van der Waals surface area (Å²) in [7, 11) is 1.66. The van der Waals surface area contributed by atoms with Crippen molar-refractivity contribution in [3.8, 4) is 0 Å². The molecule has 2 heteroatoms. The molecule has 4 bridgehead atoms. The van der Waals surface area contributed by atoms with Crippen LogP contribution in [0.3, 0.4) is 0 Å². The third-order valence-corrected chi connectivity index (χ3v) is 5.28. The van der Waals surface area contributed by atoms with Gasteiger partial charge in [0.25, 0.3) is 0 Å². The van der Waals surface area contributed by atoms with Crippen molar-refractivity contribution in [3.05, 3.63) is 0 Å². The van der Waals surface area contributed by atoms with Gasteiger partial charge in [0, 0.05) is 12.5 Å². The number of hydrogen-bond donors (Lipinski definition) is 0. The summed E-state index contributed by atoms with van der Waals surface area (Å²) in [5.41, 5.74) is 0.0180. The first-order valence-corrected chi connectivity index (χ1v) is 6.70. The summed E-state index contributed by atoms with van der Waals surface area (Å²) in [6, 6.07) is 0. The molecular formula is C14H22O2. The van der Waals surface area contributed by atoms with Crippen molar-refractivity contribution >= 4 is 5.78 Å². The quantitative estimate of drug-likeness (QED) is 0.734. The first kappa shape index (κ1) is 10.8. The molecule has 0 aliphatic heterocycles. The minimum Gasteiger partial charge on any atom is -0.374 e. The Labute approximate surface area is 97.7 Å². The largest absolute Gasteiger partial charge is 0.374 e. The first-order valence-electron chi connectivity index (χ1n) is 6.70. The number of carbonyl (C=O) groups excluding carboxylic acids is 1. The summed E-state index contributed by atoms with van der Waals surface area (Å²) in [6.45, 7) is 1.92. The van der Waals surface area contributed by atoms with Crippen molar-refractivity contribution in [1.29, 1.82) is 0 Å². The van der Waals surface area contributed by atoms with Crippen molar-refractivity contribution < 1.29 is 9.53 Å². The predicted molar refractivity (Wildman–Crippen MR) is 62.1 cm³/mol. The third kappa shape index (κ3) is 1.46. The molecule has 4 aliphatic carbocycles. The molecule has 1 atom stereocenters. The third-order valence-electron chi connectivity index (χ3n) is 5.28. The highest BCUT2D eigenvalue weighted by molar-refractivity contribution is 5.89. The van der Waals surface area contributed by atoms with Crippen molar-refractivity contribution in [2.75, 3.05) is 7.11 Å². The Balaban J connectivity index is 1.85. The lowest BCUT2D eigenvalue weighted by molar-refractivity contribution is -0.153. The van der Waals surface area contributed by atoms with Gasteiger partial charge in [0.05, 0.1) is 0 Å². The Hall–Kier alpha value is -0.370. The van der Waals surface area contributed by atoms with E-state index >= 15 is 0 Å². The smallest absolute Gasteiger partial charge is 0.167 e. The van der Waals surface area contributed by atoms with E-state index in [4.69, 9.17) is 4.74 Å². The number of ketones is 1. The van der Waals surface area contributed by atoms with E-state index in [-0.39, 0.29) is 11.5 Å². The zero-order valence-corrected chi connectivity index (χ0v) is 10.4. The Morgan fingerprint density at radius 3 is 1.94 bits per heavy atom. The maximum absolute atomic E-state index is 12.5. The van der Waals surface area contributed by atoms with Gasteiger partial charge in [-0.2, -0.15) is 0 Å². The van der Waals surface area contributed by atoms with Crippen LogP contribution in [-0.2, 0) is 9.53 Å². The van der Waals surface area contributed by atoms with Gasteiger partial charge in [0.1, 0.15) is 6.10 Å². The van der Waals surface area contributed by atoms with Crippen LogP contribution in [-0.4, -0.2) is 19.0 Å². The van der Waals surface area contributed by atoms with Crippen molar-refractivity contribution in [1.82, 2.24) is 0 Å². The van der Waals surface area contributed by atoms with Crippen LogP contribution >= 0.6 is 0 Å². The van der Waals surface area contributed by atoms with E-state index in [1.54, 1.807) is 7.11 Å². The van der Waals surface area contributed by atoms with Crippen molar-refractivity contribution in [2.24, 2.45) is 23.2 Å². The first-order chi connectivity index (χ1) is 7.63. The van der Waals surface area contributed by atoms with Crippen LogP contribution in [0.25, 0.3) is 0 Å². The van der Waals surface area contributed by atoms with Crippen molar-refractivity contribution in [2.45, 2.75) is 51.6 Å². The van der Waals surface area contributed by atoms with Crippen LogP contribution in [0, 0.1) is 23.2 Å². The fourth-order valence-electron chi connectivity index (χ4n) is 4.95. The summed E-state index contributed by atoms with van der Waals surface area (Å²) in [6.07, 6.45) is 7.47. The number of rotatable bonds is 3. The molecule has 4 saturated carbocycles. The Morgan fingerprint density at radius 1 is 1.12 bits per heavy atom. The minimum atomic E-state index is -0.198. The molecule has 4 aliphatic rings. The molecule has 0 aromatic heterocycles. The Kier molecular flexibility index (Phi) is 2.39. The number of ether oxygens (including phenoxy) is 1. The van der Waals surface area contributed by atoms with Crippen LogP contribution in [0.2, 0.25) is 0 Å². The van der Waals surface area contributed by atoms with Crippen LogP contribution in [0.5, 0.6) is 0 Å². The van der Waals surface area contributed by atoms with Gasteiger partial charge in [-0.1, -0.05) is 0 Å². The molecule has 4 rings (SSSR count). The lowest BCUT2D eigenvalue weighted by Gasteiger charge is -2.56. The molecule has 0 spiro atoms. The lowest BCUT2D eigenvalue weighted by atomic mass is 9.48. The number of carbonyl (C=O) groups is 1. The fraction of sp³-hybridized carbons (Fsp3) is 0.929. The summed E-state index contributed by atoms with van der Waals surface area (Å²) in [5, 5.41) is 0. The van der Waals surface area contributed by atoms with Gasteiger partial charge < -0.3 is 4.74 Å². The average molecular weight is 222 g/mol. The summed E-state index contributed by atoms with van der Waals surface area (Å²) < 4.78 is 5.25. The molecule has 90 valence electrons. The molecule has 4 fully saturated rings. The standard InChI is InChI=1S/C14H22O2/c1-9(16-2)13(15)14-6-10-3-11(7-14)5-12(4-10)8-14/h9-12H,3-8H2,1-2H3/t9-,10?,11?,12?,14?/m0/s1. The molecule has 0 unspecified atom stereocenters.